The minimum Gasteiger partial charge on any atom is -0.351 e. The third kappa shape index (κ3) is 4.15. The maximum Gasteiger partial charge on any atom is 0.314 e. The zero-order valence-corrected chi connectivity index (χ0v) is 9.72. The van der Waals surface area contributed by atoms with Crippen molar-refractivity contribution in [2.24, 2.45) is 11.7 Å². The van der Waals surface area contributed by atoms with Gasteiger partial charge in [0.1, 0.15) is 0 Å². The van der Waals surface area contributed by atoms with E-state index in [0.29, 0.717) is 5.92 Å². The molecule has 14 heavy (non-hydrogen) atoms. The molecule has 0 aromatic heterocycles. The summed E-state index contributed by atoms with van der Waals surface area (Å²) in [5.74, 6) is 0.594. The number of rotatable bonds is 2. The third-order valence-corrected chi connectivity index (χ3v) is 2.45. The molecular formula is C9H20ClN3O. The van der Waals surface area contributed by atoms with Gasteiger partial charge in [-0.3, -0.25) is 0 Å². The summed E-state index contributed by atoms with van der Waals surface area (Å²) in [6.07, 6.45) is 2.30. The SMILES string of the molecule is CN(C)CC1CCCN(C(N)=O)C1.Cl. The number of nitrogens with zero attached hydrogens (tertiary/aromatic N) is 2. The van der Waals surface area contributed by atoms with Crippen LogP contribution in [0.2, 0.25) is 0 Å². The molecule has 0 aromatic rings. The van der Waals surface area contributed by atoms with Crippen LogP contribution in [-0.4, -0.2) is 49.6 Å². The minimum absolute atomic E-state index is 0. The van der Waals surface area contributed by atoms with Gasteiger partial charge in [0, 0.05) is 19.6 Å². The number of hydrogen-bond donors (Lipinski definition) is 1. The number of carbonyl (C=O) groups excluding carboxylic acids is 1. The summed E-state index contributed by atoms with van der Waals surface area (Å²) in [6, 6.07) is -0.275. The number of nitrogens with two attached hydrogens (primary N) is 1. The predicted molar refractivity (Wildman–Crippen MR) is 59.7 cm³/mol. The van der Waals surface area contributed by atoms with E-state index in [1.54, 1.807) is 4.90 Å². The van der Waals surface area contributed by atoms with Crippen LogP contribution in [-0.2, 0) is 0 Å². The van der Waals surface area contributed by atoms with Crippen LogP contribution in [0, 0.1) is 5.92 Å². The average Bonchev–Trinajstić information content (AvgIpc) is 2.03. The lowest BCUT2D eigenvalue weighted by molar-refractivity contribution is 0.159. The predicted octanol–water partition coefficient (Wildman–Crippen LogP) is 0.761. The van der Waals surface area contributed by atoms with Crippen LogP contribution in [0.4, 0.5) is 4.79 Å². The quantitative estimate of drug-likeness (QED) is 0.749. The Morgan fingerprint density at radius 1 is 1.57 bits per heavy atom. The first kappa shape index (κ1) is 13.5. The zero-order valence-electron chi connectivity index (χ0n) is 8.90. The Bertz CT molecular complexity index is 187. The number of likely N-dealkylation sites (tertiary alicyclic amines) is 1. The van der Waals surface area contributed by atoms with Crippen LogP contribution < -0.4 is 5.73 Å². The van der Waals surface area contributed by atoms with Gasteiger partial charge in [0.2, 0.25) is 0 Å². The summed E-state index contributed by atoms with van der Waals surface area (Å²) in [5.41, 5.74) is 5.23. The molecule has 1 unspecified atom stereocenters. The van der Waals surface area contributed by atoms with Gasteiger partial charge < -0.3 is 15.5 Å². The van der Waals surface area contributed by atoms with Crippen molar-refractivity contribution in [2.45, 2.75) is 12.8 Å². The Morgan fingerprint density at radius 2 is 2.21 bits per heavy atom. The maximum atomic E-state index is 10.9. The lowest BCUT2D eigenvalue weighted by Gasteiger charge is -2.32. The second-order valence-corrected chi connectivity index (χ2v) is 4.05. The first-order chi connectivity index (χ1) is 6.09. The molecule has 1 heterocycles. The van der Waals surface area contributed by atoms with Crippen LogP contribution in [0.5, 0.6) is 0 Å². The first-order valence-electron chi connectivity index (χ1n) is 4.78. The topological polar surface area (TPSA) is 49.6 Å². The Kier molecular flexibility index (Phi) is 5.88. The summed E-state index contributed by atoms with van der Waals surface area (Å²) < 4.78 is 0. The number of amides is 2. The van der Waals surface area contributed by atoms with Crippen molar-refractivity contribution in [1.29, 1.82) is 0 Å². The second kappa shape index (κ2) is 6.09. The maximum absolute atomic E-state index is 10.9. The summed E-state index contributed by atoms with van der Waals surface area (Å²) >= 11 is 0. The van der Waals surface area contributed by atoms with Crippen molar-refractivity contribution in [2.75, 3.05) is 33.7 Å². The first-order valence-corrected chi connectivity index (χ1v) is 4.78. The number of urea groups is 1. The molecule has 84 valence electrons. The van der Waals surface area contributed by atoms with Crippen LogP contribution in [0.25, 0.3) is 0 Å². The van der Waals surface area contributed by atoms with Gasteiger partial charge in [-0.05, 0) is 32.9 Å². The van der Waals surface area contributed by atoms with E-state index in [1.807, 2.05) is 0 Å². The van der Waals surface area contributed by atoms with Gasteiger partial charge in [0.25, 0.3) is 0 Å². The molecule has 0 spiro atoms. The van der Waals surface area contributed by atoms with Gasteiger partial charge in [-0.25, -0.2) is 4.79 Å². The molecule has 1 aliphatic heterocycles. The fourth-order valence-corrected chi connectivity index (χ4v) is 1.93. The normalized spacial score (nSPS) is 21.9. The summed E-state index contributed by atoms with van der Waals surface area (Å²) in [4.78, 5) is 14.8. The Morgan fingerprint density at radius 3 is 2.71 bits per heavy atom. The molecule has 0 aliphatic carbocycles. The van der Waals surface area contributed by atoms with Crippen LogP contribution in [0.3, 0.4) is 0 Å². The van der Waals surface area contributed by atoms with Crippen molar-refractivity contribution in [3.05, 3.63) is 0 Å². The van der Waals surface area contributed by atoms with Crippen molar-refractivity contribution < 1.29 is 4.79 Å². The molecule has 0 aromatic carbocycles. The molecule has 4 nitrogen and oxygen atoms in total. The second-order valence-electron chi connectivity index (χ2n) is 4.05. The van der Waals surface area contributed by atoms with Crippen LogP contribution >= 0.6 is 12.4 Å². The smallest absolute Gasteiger partial charge is 0.314 e. The molecule has 0 saturated carbocycles. The zero-order chi connectivity index (χ0) is 9.84. The van der Waals surface area contributed by atoms with E-state index in [2.05, 4.69) is 19.0 Å². The molecule has 5 heteroatoms. The molecule has 1 saturated heterocycles. The molecule has 2 N–H and O–H groups in total. The van der Waals surface area contributed by atoms with Gasteiger partial charge in [-0.1, -0.05) is 0 Å². The summed E-state index contributed by atoms with van der Waals surface area (Å²) in [5, 5.41) is 0. The molecule has 1 aliphatic rings. The van der Waals surface area contributed by atoms with Gasteiger partial charge in [-0.15, -0.1) is 12.4 Å². The lowest BCUT2D eigenvalue weighted by Crippen LogP contribution is -2.45. The third-order valence-electron chi connectivity index (χ3n) is 2.45. The molecule has 1 fully saturated rings. The van der Waals surface area contributed by atoms with E-state index >= 15 is 0 Å². The fourth-order valence-electron chi connectivity index (χ4n) is 1.93. The van der Waals surface area contributed by atoms with Gasteiger partial charge in [0.15, 0.2) is 0 Å². The standard InChI is InChI=1S/C9H19N3O.ClH/c1-11(2)6-8-4-3-5-12(7-8)9(10)13;/h8H,3-7H2,1-2H3,(H2,10,13);1H. The number of halogens is 1. The van der Waals surface area contributed by atoms with Crippen molar-refractivity contribution >= 4 is 18.4 Å². The van der Waals surface area contributed by atoms with E-state index < -0.39 is 0 Å². The van der Waals surface area contributed by atoms with Gasteiger partial charge in [0.05, 0.1) is 0 Å². The van der Waals surface area contributed by atoms with E-state index in [9.17, 15) is 4.79 Å². The van der Waals surface area contributed by atoms with Crippen LogP contribution in [0.15, 0.2) is 0 Å². The number of hydrogen-bond acceptors (Lipinski definition) is 2. The monoisotopic (exact) mass is 221 g/mol. The molecule has 0 radical (unpaired) electrons. The van der Waals surface area contributed by atoms with E-state index in [-0.39, 0.29) is 18.4 Å². The Balaban J connectivity index is 0.00000169. The fraction of sp³-hybridized carbons (Fsp3) is 0.889. The number of primary amides is 1. The number of carbonyl (C=O) groups is 1. The highest BCUT2D eigenvalue weighted by Crippen LogP contribution is 2.16. The Hall–Kier alpha value is -0.480. The van der Waals surface area contributed by atoms with Crippen molar-refractivity contribution in [3.63, 3.8) is 0 Å². The summed E-state index contributed by atoms with van der Waals surface area (Å²) in [7, 11) is 4.12. The number of piperidine rings is 1. The van der Waals surface area contributed by atoms with Gasteiger partial charge in [-0.2, -0.15) is 0 Å². The molecule has 1 rings (SSSR count). The van der Waals surface area contributed by atoms with Gasteiger partial charge >= 0.3 is 6.03 Å². The molecular weight excluding hydrogens is 202 g/mol. The highest BCUT2D eigenvalue weighted by Gasteiger charge is 2.21. The molecule has 0 bridgehead atoms. The molecule has 1 atom stereocenters. The molecule has 2 amide bonds. The van der Waals surface area contributed by atoms with E-state index in [1.165, 1.54) is 6.42 Å². The Labute approximate surface area is 91.8 Å². The largest absolute Gasteiger partial charge is 0.351 e. The van der Waals surface area contributed by atoms with Crippen molar-refractivity contribution in [1.82, 2.24) is 9.80 Å². The summed E-state index contributed by atoms with van der Waals surface area (Å²) in [6.45, 7) is 2.70. The van der Waals surface area contributed by atoms with Crippen molar-refractivity contribution in [3.8, 4) is 0 Å². The van der Waals surface area contributed by atoms with E-state index in [0.717, 1.165) is 26.1 Å². The lowest BCUT2D eigenvalue weighted by atomic mass is 9.98. The van der Waals surface area contributed by atoms with E-state index in [4.69, 9.17) is 5.73 Å². The highest BCUT2D eigenvalue weighted by atomic mass is 35.5. The highest BCUT2D eigenvalue weighted by molar-refractivity contribution is 5.85. The average molecular weight is 222 g/mol. The minimum atomic E-state index is -0.275. The van der Waals surface area contributed by atoms with Crippen LogP contribution in [0.1, 0.15) is 12.8 Å².